The summed E-state index contributed by atoms with van der Waals surface area (Å²) in [7, 11) is -2.44. The number of nitrogens with two attached hydrogens (primary N) is 1. The fourth-order valence-electron chi connectivity index (χ4n) is 0.756. The second kappa shape index (κ2) is 8.86. The van der Waals surface area contributed by atoms with Crippen LogP contribution in [-0.4, -0.2) is 29.1 Å². The summed E-state index contributed by atoms with van der Waals surface area (Å²) in [6, 6.07) is 5.21. The number of hydrogen-bond donors (Lipinski definition) is 1. The highest BCUT2D eigenvalue weighted by molar-refractivity contribution is 7.85. The van der Waals surface area contributed by atoms with Crippen LogP contribution < -0.4 is 5.14 Å². The van der Waals surface area contributed by atoms with Gasteiger partial charge >= 0.3 is 0 Å². The predicted molar refractivity (Wildman–Crippen MR) is 96.8 cm³/mol. The van der Waals surface area contributed by atoms with Gasteiger partial charge in [0.25, 0.3) is 0 Å². The number of rotatable bonds is 2. The van der Waals surface area contributed by atoms with Gasteiger partial charge in [0, 0.05) is 0 Å². The number of nitrogens with zero attached hydrogens (tertiary/aromatic N) is 2. The summed E-state index contributed by atoms with van der Waals surface area (Å²) in [4.78, 5) is 4.01. The van der Waals surface area contributed by atoms with E-state index < -0.39 is 22.0 Å². The molecule has 0 spiro atoms. The van der Waals surface area contributed by atoms with E-state index in [1.54, 1.807) is 18.2 Å². The summed E-state index contributed by atoms with van der Waals surface area (Å²) in [6.45, 7) is 11.1. The molecule has 1 rings (SSSR count). The lowest BCUT2D eigenvalue weighted by molar-refractivity contribution is 0.650. The molecule has 2 atom stereocenters. The molecular weight excluding hydrogens is 342 g/mol. The molecule has 0 aliphatic rings. The maximum atomic E-state index is 11.6. The van der Waals surface area contributed by atoms with Crippen molar-refractivity contribution < 1.29 is 8.42 Å². The SMILES string of the molecule is CC(C)(C)[S@@](N)=O.CC(C)(C)[S@](=O)N=Cc1cccc(Cl)n1. The Morgan fingerprint density at radius 2 is 1.64 bits per heavy atom. The molecule has 126 valence electrons. The first-order valence-electron chi connectivity index (χ1n) is 6.59. The average molecular weight is 366 g/mol. The second-order valence-electron chi connectivity index (χ2n) is 6.39. The van der Waals surface area contributed by atoms with Crippen molar-refractivity contribution in [2.45, 2.75) is 51.0 Å². The lowest BCUT2D eigenvalue weighted by Crippen LogP contribution is -2.27. The van der Waals surface area contributed by atoms with Crippen LogP contribution in [0, 0.1) is 0 Å². The van der Waals surface area contributed by atoms with Crippen LogP contribution in [0.4, 0.5) is 0 Å². The van der Waals surface area contributed by atoms with Gasteiger partial charge in [-0.1, -0.05) is 17.7 Å². The molecular formula is C14H24ClN3O2S2. The molecule has 0 aliphatic carbocycles. The Labute approximate surface area is 142 Å². The second-order valence-corrected chi connectivity index (χ2v) is 10.5. The molecule has 0 saturated heterocycles. The van der Waals surface area contributed by atoms with Crippen molar-refractivity contribution in [3.05, 3.63) is 29.0 Å². The molecule has 8 heteroatoms. The van der Waals surface area contributed by atoms with E-state index in [0.717, 1.165) is 0 Å². The molecule has 0 saturated carbocycles. The maximum absolute atomic E-state index is 11.6. The van der Waals surface area contributed by atoms with Gasteiger partial charge in [0.1, 0.15) is 16.1 Å². The fraction of sp³-hybridized carbons (Fsp3) is 0.571. The first-order valence-corrected chi connectivity index (χ1v) is 9.28. The lowest BCUT2D eigenvalue weighted by Gasteiger charge is -2.12. The van der Waals surface area contributed by atoms with Crippen LogP contribution in [-0.2, 0) is 22.0 Å². The molecule has 1 heterocycles. The van der Waals surface area contributed by atoms with Crippen molar-refractivity contribution >= 4 is 39.8 Å². The van der Waals surface area contributed by atoms with Crippen LogP contribution >= 0.6 is 11.6 Å². The Bertz CT molecular complexity index is 564. The van der Waals surface area contributed by atoms with Crippen molar-refractivity contribution in [2.24, 2.45) is 9.54 Å². The monoisotopic (exact) mass is 365 g/mol. The van der Waals surface area contributed by atoms with Gasteiger partial charge in [-0.05, 0) is 53.7 Å². The number of halogens is 1. The Balaban J connectivity index is 0.000000534. The molecule has 1 aromatic heterocycles. The minimum Gasteiger partial charge on any atom is -0.251 e. The minimum absolute atomic E-state index is 0.250. The zero-order valence-electron chi connectivity index (χ0n) is 13.8. The summed E-state index contributed by atoms with van der Waals surface area (Å²) in [5.74, 6) is 0. The molecule has 1 aromatic rings. The van der Waals surface area contributed by atoms with E-state index >= 15 is 0 Å². The van der Waals surface area contributed by atoms with Crippen molar-refractivity contribution in [1.82, 2.24) is 4.98 Å². The van der Waals surface area contributed by atoms with Crippen molar-refractivity contribution in [3.63, 3.8) is 0 Å². The van der Waals surface area contributed by atoms with Gasteiger partial charge in [-0.15, -0.1) is 0 Å². The maximum Gasteiger partial charge on any atom is 0.144 e. The third-order valence-electron chi connectivity index (χ3n) is 2.14. The molecule has 22 heavy (non-hydrogen) atoms. The summed E-state index contributed by atoms with van der Waals surface area (Å²) in [5.41, 5.74) is 0.611. The van der Waals surface area contributed by atoms with Crippen LogP contribution in [0.5, 0.6) is 0 Å². The number of hydrogen-bond acceptors (Lipinski definition) is 3. The minimum atomic E-state index is -1.26. The average Bonchev–Trinajstić information content (AvgIpc) is 2.34. The first kappa shape index (κ1) is 21.4. The summed E-state index contributed by atoms with van der Waals surface area (Å²) in [5, 5.41) is 5.44. The van der Waals surface area contributed by atoms with Crippen molar-refractivity contribution in [3.8, 4) is 0 Å². The van der Waals surface area contributed by atoms with Crippen molar-refractivity contribution in [1.29, 1.82) is 0 Å². The molecule has 0 amide bonds. The quantitative estimate of drug-likeness (QED) is 0.645. The van der Waals surface area contributed by atoms with Crippen LogP contribution in [0.3, 0.4) is 0 Å². The Hall–Kier alpha value is -0.630. The van der Waals surface area contributed by atoms with Gasteiger partial charge < -0.3 is 0 Å². The van der Waals surface area contributed by atoms with Gasteiger partial charge in [-0.3, -0.25) is 5.14 Å². The Morgan fingerprint density at radius 1 is 1.14 bits per heavy atom. The predicted octanol–water partition coefficient (Wildman–Crippen LogP) is 3.02. The smallest absolute Gasteiger partial charge is 0.144 e. The van der Waals surface area contributed by atoms with E-state index in [1.165, 1.54) is 6.21 Å². The topological polar surface area (TPSA) is 85.4 Å². The fourth-order valence-corrected chi connectivity index (χ4v) is 1.45. The molecule has 0 fully saturated rings. The normalized spacial score (nSPS) is 15.1. The summed E-state index contributed by atoms with van der Waals surface area (Å²) < 4.78 is 25.3. The third-order valence-corrected chi connectivity index (χ3v) is 4.91. The van der Waals surface area contributed by atoms with E-state index in [2.05, 4.69) is 9.38 Å². The highest BCUT2D eigenvalue weighted by Gasteiger charge is 2.18. The van der Waals surface area contributed by atoms with Gasteiger partial charge in [-0.25, -0.2) is 13.4 Å². The van der Waals surface area contributed by atoms with Gasteiger partial charge in [0.2, 0.25) is 0 Å². The Morgan fingerprint density at radius 3 is 2.00 bits per heavy atom. The van der Waals surface area contributed by atoms with E-state index in [0.29, 0.717) is 10.8 Å². The van der Waals surface area contributed by atoms with Crippen LogP contribution in [0.1, 0.15) is 47.2 Å². The third kappa shape index (κ3) is 9.40. The molecule has 0 aliphatic heterocycles. The van der Waals surface area contributed by atoms with Crippen LogP contribution in [0.25, 0.3) is 0 Å². The van der Waals surface area contributed by atoms with Gasteiger partial charge in [0.15, 0.2) is 0 Å². The Kier molecular flexibility index (Phi) is 8.61. The van der Waals surface area contributed by atoms with Crippen molar-refractivity contribution in [2.75, 3.05) is 0 Å². The number of pyridine rings is 1. The van der Waals surface area contributed by atoms with E-state index in [1.807, 2.05) is 41.5 Å². The summed E-state index contributed by atoms with van der Waals surface area (Å²) >= 11 is 5.70. The standard InChI is InChI=1S/C10H13ClN2OS.C4H11NOS/c1-10(2,3)15(14)12-7-8-5-4-6-9(11)13-8;1-4(2,3)7(5)6/h4-7H,1-3H3;5H2,1-3H3/t15-;7-/m00/s1. The molecule has 0 radical (unpaired) electrons. The van der Waals surface area contributed by atoms with E-state index in [9.17, 15) is 8.42 Å². The molecule has 0 unspecified atom stereocenters. The molecule has 0 aromatic carbocycles. The molecule has 2 N–H and O–H groups in total. The zero-order chi connectivity index (χ0) is 17.6. The summed E-state index contributed by atoms with van der Waals surface area (Å²) in [6.07, 6.45) is 1.48. The van der Waals surface area contributed by atoms with E-state index in [4.69, 9.17) is 16.7 Å². The van der Waals surface area contributed by atoms with Gasteiger partial charge in [0.05, 0.1) is 32.4 Å². The highest BCUT2D eigenvalue weighted by Crippen LogP contribution is 2.12. The highest BCUT2D eigenvalue weighted by atomic mass is 35.5. The van der Waals surface area contributed by atoms with E-state index in [-0.39, 0.29) is 9.49 Å². The zero-order valence-corrected chi connectivity index (χ0v) is 16.2. The molecule has 0 bridgehead atoms. The number of aromatic nitrogens is 1. The molecule has 5 nitrogen and oxygen atoms in total. The first-order chi connectivity index (χ1) is 9.84. The largest absolute Gasteiger partial charge is 0.251 e. The van der Waals surface area contributed by atoms with Crippen LogP contribution in [0.15, 0.2) is 22.6 Å². The van der Waals surface area contributed by atoms with Crippen LogP contribution in [0.2, 0.25) is 5.15 Å². The lowest BCUT2D eigenvalue weighted by atomic mass is 10.3. The van der Waals surface area contributed by atoms with Gasteiger partial charge in [-0.2, -0.15) is 4.40 Å².